The number of H-pyrrole nitrogens is 1. The number of imidazole rings is 1. The lowest BCUT2D eigenvalue weighted by molar-refractivity contribution is -0.132. The van der Waals surface area contributed by atoms with Gasteiger partial charge in [0.25, 0.3) is 5.91 Å². The van der Waals surface area contributed by atoms with E-state index in [4.69, 9.17) is 0 Å². The van der Waals surface area contributed by atoms with E-state index in [1.807, 2.05) is 13.8 Å². The third-order valence-electron chi connectivity index (χ3n) is 7.11. The first-order valence-electron chi connectivity index (χ1n) is 13.7. The molecule has 2 atom stereocenters. The Hall–Kier alpha value is -3.67. The second-order valence-corrected chi connectivity index (χ2v) is 9.96. The van der Waals surface area contributed by atoms with E-state index in [0.717, 1.165) is 0 Å². The van der Waals surface area contributed by atoms with E-state index in [-0.39, 0.29) is 54.7 Å². The molecule has 0 aliphatic carbocycles. The van der Waals surface area contributed by atoms with Gasteiger partial charge in [0.2, 0.25) is 17.7 Å². The smallest absolute Gasteiger partial charge is 0.326 e. The van der Waals surface area contributed by atoms with E-state index in [1.165, 1.54) is 0 Å². The number of carbonyl (C=O) groups excluding carboxylic acids is 4. The van der Waals surface area contributed by atoms with E-state index < -0.39 is 6.04 Å². The first kappa shape index (κ1) is 29.9. The molecule has 0 spiro atoms. The summed E-state index contributed by atoms with van der Waals surface area (Å²) in [5.41, 5.74) is 1.31. The number of hydrogen-bond donors (Lipinski definition) is 5. The van der Waals surface area contributed by atoms with E-state index in [9.17, 15) is 29.1 Å². The lowest BCUT2D eigenvalue weighted by Gasteiger charge is -2.25. The van der Waals surface area contributed by atoms with Crippen LogP contribution in [0.3, 0.4) is 0 Å². The van der Waals surface area contributed by atoms with Gasteiger partial charge in [0, 0.05) is 51.1 Å². The summed E-state index contributed by atoms with van der Waals surface area (Å²) in [5, 5.41) is 17.8. The highest BCUT2D eigenvalue weighted by molar-refractivity contribution is 5.97. The van der Waals surface area contributed by atoms with Crippen molar-refractivity contribution in [3.8, 4) is 0 Å². The number of aliphatic hydroxyl groups is 1. The topological polar surface area (TPSA) is 166 Å². The molecule has 0 saturated heterocycles. The number of carbonyl (C=O) groups is 4. The van der Waals surface area contributed by atoms with Crippen molar-refractivity contribution in [1.29, 1.82) is 0 Å². The summed E-state index contributed by atoms with van der Waals surface area (Å²) >= 11 is 0. The molecule has 0 saturated carbocycles. The highest BCUT2D eigenvalue weighted by atomic mass is 16.3. The molecule has 0 unspecified atom stereocenters. The van der Waals surface area contributed by atoms with Crippen molar-refractivity contribution in [2.24, 2.45) is 5.92 Å². The van der Waals surface area contributed by atoms with Crippen LogP contribution in [-0.2, 0) is 20.9 Å². The quantitative estimate of drug-likeness (QED) is 0.376. The van der Waals surface area contributed by atoms with Gasteiger partial charge >= 0.3 is 5.69 Å². The van der Waals surface area contributed by atoms with Crippen LogP contribution in [0, 0.1) is 5.92 Å². The molecule has 1 aromatic heterocycles. The number of benzene rings is 1. The Morgan fingerprint density at radius 2 is 1.77 bits per heavy atom. The van der Waals surface area contributed by atoms with Crippen LogP contribution in [-0.4, -0.2) is 82.0 Å². The molecule has 1 aliphatic rings. The number of nitrogens with one attached hydrogen (secondary N) is 4. The fourth-order valence-electron chi connectivity index (χ4n) is 4.64. The molecule has 12 nitrogen and oxygen atoms in total. The average Bonchev–Trinajstić information content (AvgIpc) is 3.23. The molecule has 214 valence electrons. The number of rotatable bonds is 4. The molecule has 12 heteroatoms. The molecule has 0 radical (unpaired) electrons. The van der Waals surface area contributed by atoms with E-state index in [0.29, 0.717) is 75.0 Å². The van der Waals surface area contributed by atoms with E-state index in [1.54, 1.807) is 27.7 Å². The van der Waals surface area contributed by atoms with Crippen molar-refractivity contribution in [1.82, 2.24) is 30.4 Å². The third-order valence-corrected chi connectivity index (χ3v) is 7.11. The Bertz CT molecular complexity index is 1220. The summed E-state index contributed by atoms with van der Waals surface area (Å²) in [6.07, 6.45) is 2.18. The summed E-state index contributed by atoms with van der Waals surface area (Å²) in [4.78, 5) is 67.8. The average molecular weight is 545 g/mol. The minimum atomic E-state index is -0.695. The first-order valence-corrected chi connectivity index (χ1v) is 13.7. The highest BCUT2D eigenvalue weighted by Gasteiger charge is 2.26. The fourth-order valence-corrected chi connectivity index (χ4v) is 4.64. The summed E-state index contributed by atoms with van der Waals surface area (Å²) in [5.74, 6) is -1.17. The minimum absolute atomic E-state index is 0.0206. The summed E-state index contributed by atoms with van der Waals surface area (Å²) in [7, 11) is 0. The van der Waals surface area contributed by atoms with Crippen molar-refractivity contribution in [2.75, 3.05) is 32.8 Å². The van der Waals surface area contributed by atoms with Crippen LogP contribution in [0.25, 0.3) is 11.0 Å². The Kier molecular flexibility index (Phi) is 11.1. The van der Waals surface area contributed by atoms with Gasteiger partial charge in [-0.3, -0.25) is 23.7 Å². The molecular weight excluding hydrogens is 504 g/mol. The molecule has 4 amide bonds. The fraction of sp³-hybridized carbons (Fsp3) is 0.593. The van der Waals surface area contributed by atoms with Crippen molar-refractivity contribution in [2.45, 2.75) is 65.0 Å². The number of fused-ring (bicyclic) bond motifs is 1. The zero-order valence-electron chi connectivity index (χ0n) is 22.8. The molecule has 2 aromatic rings. The zero-order chi connectivity index (χ0) is 28.4. The minimum Gasteiger partial charge on any atom is -0.396 e. The molecular formula is C27H40N6O6. The number of aryl methyl sites for hydroxylation is 1. The number of nitrogens with zero attached hydrogens (tertiary/aromatic N) is 2. The van der Waals surface area contributed by atoms with Gasteiger partial charge in [0.05, 0.1) is 17.6 Å². The van der Waals surface area contributed by atoms with Gasteiger partial charge in [0.15, 0.2) is 0 Å². The molecule has 1 aromatic carbocycles. The van der Waals surface area contributed by atoms with Crippen LogP contribution < -0.4 is 21.6 Å². The molecule has 5 N–H and O–H groups in total. The highest BCUT2D eigenvalue weighted by Crippen LogP contribution is 2.14. The van der Waals surface area contributed by atoms with Crippen LogP contribution in [0.15, 0.2) is 23.0 Å². The molecule has 39 heavy (non-hydrogen) atoms. The second-order valence-electron chi connectivity index (χ2n) is 9.96. The van der Waals surface area contributed by atoms with Crippen molar-refractivity contribution >= 4 is 34.7 Å². The molecule has 0 fully saturated rings. The molecule has 2 heterocycles. The maximum absolute atomic E-state index is 13.0. The Balaban J connectivity index is 1.81. The Morgan fingerprint density at radius 3 is 2.51 bits per heavy atom. The summed E-state index contributed by atoms with van der Waals surface area (Å²) in [6.45, 7) is 5.23. The van der Waals surface area contributed by atoms with Gasteiger partial charge in [-0.25, -0.2) is 4.79 Å². The van der Waals surface area contributed by atoms with Crippen LogP contribution in [0.4, 0.5) is 0 Å². The first-order chi connectivity index (χ1) is 18.7. The zero-order valence-corrected chi connectivity index (χ0v) is 22.8. The van der Waals surface area contributed by atoms with Crippen LogP contribution in [0.1, 0.15) is 62.7 Å². The number of aliphatic hydroxyl groups excluding tert-OH is 1. The van der Waals surface area contributed by atoms with Gasteiger partial charge < -0.3 is 30.9 Å². The number of hydrogen-bond acceptors (Lipinski definition) is 6. The van der Waals surface area contributed by atoms with Crippen LogP contribution >= 0.6 is 0 Å². The standard InChI is InChI=1S/C27H40N6O6/c1-3-18(2)24-26(38)29-12-6-15-33-21-17-19(8-9-20(21)30-27(33)39)25(37)28-11-5-14-32(23(36)10-16-34)13-4-7-22(35)31-24/h8-9,17-18,24,34H,3-7,10-16H2,1-2H3,(H,28,37)(H,29,38)(H,30,39)(H,31,35)/t18-,24-/m0/s1. The predicted molar refractivity (Wildman–Crippen MR) is 146 cm³/mol. The van der Waals surface area contributed by atoms with E-state index in [2.05, 4.69) is 20.9 Å². The predicted octanol–water partition coefficient (Wildman–Crippen LogP) is 0.492. The monoisotopic (exact) mass is 544 g/mol. The molecule has 3 rings (SSSR count). The summed E-state index contributed by atoms with van der Waals surface area (Å²) < 4.78 is 1.54. The third kappa shape index (κ3) is 8.16. The van der Waals surface area contributed by atoms with Crippen LogP contribution in [0.2, 0.25) is 0 Å². The number of amides is 4. The molecule has 2 bridgehead atoms. The lowest BCUT2D eigenvalue weighted by atomic mass is 9.98. The summed E-state index contributed by atoms with van der Waals surface area (Å²) in [6, 6.07) is 4.30. The maximum atomic E-state index is 13.0. The van der Waals surface area contributed by atoms with Gasteiger partial charge in [-0.05, 0) is 43.4 Å². The van der Waals surface area contributed by atoms with Crippen molar-refractivity contribution in [3.05, 3.63) is 34.2 Å². The molecule has 1 aliphatic heterocycles. The largest absolute Gasteiger partial charge is 0.396 e. The SMILES string of the molecule is CC[C@H](C)[C@@H]1NC(=O)CCCN(C(=O)CCO)CCCNC(=O)c2ccc3[nH]c(=O)n(c3c2)CCCNC1=O. The van der Waals surface area contributed by atoms with Gasteiger partial charge in [-0.15, -0.1) is 0 Å². The van der Waals surface area contributed by atoms with Gasteiger partial charge in [0.1, 0.15) is 6.04 Å². The van der Waals surface area contributed by atoms with Crippen molar-refractivity contribution < 1.29 is 24.3 Å². The Labute approximate surface area is 227 Å². The second kappa shape index (κ2) is 14.5. The Morgan fingerprint density at radius 1 is 1.05 bits per heavy atom. The number of aromatic nitrogens is 2. The lowest BCUT2D eigenvalue weighted by Crippen LogP contribution is -2.50. The van der Waals surface area contributed by atoms with Crippen LogP contribution in [0.5, 0.6) is 0 Å². The number of aromatic amines is 1. The maximum Gasteiger partial charge on any atom is 0.326 e. The van der Waals surface area contributed by atoms with Gasteiger partial charge in [-0.2, -0.15) is 0 Å². The van der Waals surface area contributed by atoms with Gasteiger partial charge in [-0.1, -0.05) is 20.3 Å². The van der Waals surface area contributed by atoms with E-state index >= 15 is 0 Å². The normalized spacial score (nSPS) is 19.6. The van der Waals surface area contributed by atoms with Crippen molar-refractivity contribution in [3.63, 3.8) is 0 Å².